The third kappa shape index (κ3) is 3.42. The topological polar surface area (TPSA) is 28.2 Å². The first-order valence-electron chi connectivity index (χ1n) is 5.48. The maximum atomic E-state index is 4.40. The quantitative estimate of drug-likeness (QED) is 0.712. The van der Waals surface area contributed by atoms with Crippen molar-refractivity contribution < 1.29 is 0 Å². The molecule has 0 fully saturated rings. The van der Waals surface area contributed by atoms with Gasteiger partial charge in [0, 0.05) is 19.6 Å². The van der Waals surface area contributed by atoms with Crippen LogP contribution in [0, 0.1) is 0 Å². The fraction of sp³-hybridized carbons (Fsp3) is 0.308. The molecule has 0 saturated carbocycles. The van der Waals surface area contributed by atoms with Gasteiger partial charge in [-0.15, -0.1) is 13.2 Å². The molecular weight excluding hydrogens is 198 g/mol. The zero-order chi connectivity index (χ0) is 11.8. The third-order valence-corrected chi connectivity index (χ3v) is 2.15. The van der Waals surface area contributed by atoms with Crippen molar-refractivity contribution >= 4 is 11.5 Å². The molecule has 3 nitrogen and oxygen atoms in total. The molecule has 0 bridgehead atoms. The van der Waals surface area contributed by atoms with Crippen LogP contribution in [0.25, 0.3) is 0 Å². The van der Waals surface area contributed by atoms with E-state index in [9.17, 15) is 0 Å². The van der Waals surface area contributed by atoms with Crippen LogP contribution in [0.2, 0.25) is 0 Å². The lowest BCUT2D eigenvalue weighted by Gasteiger charge is -2.20. The molecule has 0 aliphatic heterocycles. The van der Waals surface area contributed by atoms with Gasteiger partial charge in [-0.1, -0.05) is 12.2 Å². The monoisotopic (exact) mass is 217 g/mol. The molecule has 0 aliphatic rings. The highest BCUT2D eigenvalue weighted by Gasteiger charge is 2.03. The van der Waals surface area contributed by atoms with Gasteiger partial charge in [0.25, 0.3) is 0 Å². The molecule has 0 amide bonds. The van der Waals surface area contributed by atoms with Crippen LogP contribution in [0.1, 0.15) is 6.92 Å². The van der Waals surface area contributed by atoms with Gasteiger partial charge < -0.3 is 10.2 Å². The molecule has 1 rings (SSSR count). The first-order valence-corrected chi connectivity index (χ1v) is 5.48. The molecule has 0 spiro atoms. The number of nitrogens with zero attached hydrogens (tertiary/aromatic N) is 2. The van der Waals surface area contributed by atoms with E-state index in [1.165, 1.54) is 0 Å². The highest BCUT2D eigenvalue weighted by Crippen LogP contribution is 2.13. The second-order valence-corrected chi connectivity index (χ2v) is 3.42. The molecular formula is C13H19N3. The van der Waals surface area contributed by atoms with E-state index in [1.807, 2.05) is 30.5 Å². The highest BCUT2D eigenvalue weighted by molar-refractivity contribution is 5.49. The van der Waals surface area contributed by atoms with Gasteiger partial charge in [-0.25, -0.2) is 4.98 Å². The molecule has 16 heavy (non-hydrogen) atoms. The maximum Gasteiger partial charge on any atom is 0.129 e. The lowest BCUT2D eigenvalue weighted by molar-refractivity contribution is 0.926. The molecule has 0 radical (unpaired) electrons. The summed E-state index contributed by atoms with van der Waals surface area (Å²) in [5.74, 6) is 0.946. The van der Waals surface area contributed by atoms with E-state index in [4.69, 9.17) is 0 Å². The van der Waals surface area contributed by atoms with E-state index in [2.05, 4.69) is 35.3 Å². The van der Waals surface area contributed by atoms with E-state index in [1.54, 1.807) is 0 Å². The molecule has 86 valence electrons. The van der Waals surface area contributed by atoms with Gasteiger partial charge in [0.1, 0.15) is 5.82 Å². The van der Waals surface area contributed by atoms with E-state index in [0.717, 1.165) is 31.1 Å². The van der Waals surface area contributed by atoms with Crippen LogP contribution in [0.15, 0.2) is 43.6 Å². The van der Waals surface area contributed by atoms with Gasteiger partial charge in [0.05, 0.1) is 11.9 Å². The van der Waals surface area contributed by atoms with Crippen molar-refractivity contribution in [3.63, 3.8) is 0 Å². The molecule has 0 saturated heterocycles. The van der Waals surface area contributed by atoms with Crippen LogP contribution in [0.4, 0.5) is 11.5 Å². The summed E-state index contributed by atoms with van der Waals surface area (Å²) in [5, 5.41) is 3.22. The Morgan fingerprint density at radius 3 is 2.44 bits per heavy atom. The van der Waals surface area contributed by atoms with Gasteiger partial charge in [0.2, 0.25) is 0 Å². The normalized spacial score (nSPS) is 9.56. The number of nitrogens with one attached hydrogen (secondary N) is 1. The minimum absolute atomic E-state index is 0.777. The second-order valence-electron chi connectivity index (χ2n) is 3.42. The summed E-state index contributed by atoms with van der Waals surface area (Å²) in [7, 11) is 0. The number of hydrogen-bond acceptors (Lipinski definition) is 3. The fourth-order valence-corrected chi connectivity index (χ4v) is 1.46. The Bertz CT molecular complexity index is 320. The van der Waals surface area contributed by atoms with Crippen molar-refractivity contribution in [2.24, 2.45) is 0 Å². The zero-order valence-corrected chi connectivity index (χ0v) is 9.82. The lowest BCUT2D eigenvalue weighted by atomic mass is 10.3. The lowest BCUT2D eigenvalue weighted by Crippen LogP contribution is -2.24. The van der Waals surface area contributed by atoms with Crippen LogP contribution < -0.4 is 10.2 Å². The molecule has 0 unspecified atom stereocenters. The van der Waals surface area contributed by atoms with Crippen LogP contribution in [0.3, 0.4) is 0 Å². The molecule has 1 aromatic heterocycles. The van der Waals surface area contributed by atoms with Crippen molar-refractivity contribution in [3.05, 3.63) is 43.6 Å². The summed E-state index contributed by atoms with van der Waals surface area (Å²) in [6.45, 7) is 12.0. The average Bonchev–Trinajstić information content (AvgIpc) is 2.30. The highest BCUT2D eigenvalue weighted by atomic mass is 15.2. The molecule has 0 atom stereocenters. The van der Waals surface area contributed by atoms with Crippen molar-refractivity contribution in [2.45, 2.75) is 6.92 Å². The summed E-state index contributed by atoms with van der Waals surface area (Å²) in [5.41, 5.74) is 1.04. The minimum atomic E-state index is 0.777. The Hall–Kier alpha value is -1.77. The Morgan fingerprint density at radius 2 is 2.00 bits per heavy atom. The van der Waals surface area contributed by atoms with Crippen LogP contribution in [-0.4, -0.2) is 24.6 Å². The Kier molecular flexibility index (Phi) is 5.12. The first-order chi connectivity index (χ1) is 7.81. The number of pyridine rings is 1. The first kappa shape index (κ1) is 12.3. The third-order valence-electron chi connectivity index (χ3n) is 2.15. The molecule has 1 aromatic rings. The van der Waals surface area contributed by atoms with Crippen molar-refractivity contribution in [3.8, 4) is 0 Å². The standard InChI is InChI=1S/C13H19N3/c1-4-9-16(10-5-2)13-8-7-12(11-15-13)14-6-3/h4-5,7-8,11,14H,1-2,6,9-10H2,3H3. The van der Waals surface area contributed by atoms with Gasteiger partial charge in [-0.2, -0.15) is 0 Å². The second kappa shape index (κ2) is 6.67. The summed E-state index contributed by atoms with van der Waals surface area (Å²) >= 11 is 0. The van der Waals surface area contributed by atoms with Crippen molar-refractivity contribution in [1.82, 2.24) is 4.98 Å². The smallest absolute Gasteiger partial charge is 0.129 e. The van der Waals surface area contributed by atoms with Gasteiger partial charge in [-0.05, 0) is 19.1 Å². The van der Waals surface area contributed by atoms with E-state index in [0.29, 0.717) is 0 Å². The van der Waals surface area contributed by atoms with Crippen LogP contribution in [0.5, 0.6) is 0 Å². The molecule has 0 aliphatic carbocycles. The predicted molar refractivity (Wildman–Crippen MR) is 71.0 cm³/mol. The number of rotatable bonds is 7. The SMILES string of the molecule is C=CCN(CC=C)c1ccc(NCC)cn1. The summed E-state index contributed by atoms with van der Waals surface area (Å²) in [4.78, 5) is 6.51. The minimum Gasteiger partial charge on any atom is -0.384 e. The van der Waals surface area contributed by atoms with Crippen LogP contribution >= 0.6 is 0 Å². The molecule has 0 aromatic carbocycles. The van der Waals surface area contributed by atoms with Crippen molar-refractivity contribution in [1.29, 1.82) is 0 Å². The number of aromatic nitrogens is 1. The Balaban J connectivity index is 2.75. The molecule has 3 heteroatoms. The van der Waals surface area contributed by atoms with E-state index >= 15 is 0 Å². The summed E-state index contributed by atoms with van der Waals surface area (Å²) in [6.07, 6.45) is 5.57. The van der Waals surface area contributed by atoms with E-state index in [-0.39, 0.29) is 0 Å². The Morgan fingerprint density at radius 1 is 1.31 bits per heavy atom. The molecule has 1 N–H and O–H groups in total. The number of anilines is 2. The van der Waals surface area contributed by atoms with Gasteiger partial charge in [-0.3, -0.25) is 0 Å². The predicted octanol–water partition coefficient (Wildman–Crippen LogP) is 2.69. The Labute approximate surface area is 97.5 Å². The summed E-state index contributed by atoms with van der Waals surface area (Å²) in [6, 6.07) is 4.04. The zero-order valence-electron chi connectivity index (χ0n) is 9.82. The number of hydrogen-bond donors (Lipinski definition) is 1. The fourth-order valence-electron chi connectivity index (χ4n) is 1.46. The average molecular weight is 217 g/mol. The largest absolute Gasteiger partial charge is 0.384 e. The van der Waals surface area contributed by atoms with E-state index < -0.39 is 0 Å². The van der Waals surface area contributed by atoms with Gasteiger partial charge >= 0.3 is 0 Å². The van der Waals surface area contributed by atoms with Gasteiger partial charge in [0.15, 0.2) is 0 Å². The maximum absolute atomic E-state index is 4.40. The van der Waals surface area contributed by atoms with Crippen molar-refractivity contribution in [2.75, 3.05) is 29.9 Å². The summed E-state index contributed by atoms with van der Waals surface area (Å²) < 4.78 is 0. The molecule has 1 heterocycles. The van der Waals surface area contributed by atoms with Crippen LogP contribution in [-0.2, 0) is 0 Å².